The van der Waals surface area contributed by atoms with E-state index in [1.54, 1.807) is 7.11 Å². The highest BCUT2D eigenvalue weighted by molar-refractivity contribution is 7.99. The number of nitrogens with zero attached hydrogens (tertiary/aromatic N) is 1. The predicted molar refractivity (Wildman–Crippen MR) is 81.2 cm³/mol. The van der Waals surface area contributed by atoms with E-state index in [4.69, 9.17) is 15.9 Å². The molecule has 4 nitrogen and oxygen atoms in total. The van der Waals surface area contributed by atoms with E-state index in [1.807, 2.05) is 30.0 Å². The number of nitrogens with one attached hydrogen (secondary N) is 1. The summed E-state index contributed by atoms with van der Waals surface area (Å²) in [5.74, 6) is 3.21. The Hall–Kier alpha value is -1.20. The van der Waals surface area contributed by atoms with Crippen molar-refractivity contribution in [2.24, 2.45) is 5.73 Å². The van der Waals surface area contributed by atoms with E-state index in [2.05, 4.69) is 11.9 Å². The minimum Gasteiger partial charge on any atom is -0.496 e. The first kappa shape index (κ1) is 14.2. The first-order valence-electron chi connectivity index (χ1n) is 6.41. The van der Waals surface area contributed by atoms with Crippen LogP contribution in [0, 0.1) is 5.41 Å². The van der Waals surface area contributed by atoms with Crippen LogP contribution in [0.3, 0.4) is 0 Å². The number of nitrogens with two attached hydrogens (primary N) is 1. The standard InChI is InChI=1S/C14H21N3OS/c1-17(11-5-6-19-9-11)8-10-3-4-12(14(15)16)13(7-10)18-2/h3-4,7,11H,5-6,8-9H2,1-2H3,(H3,15,16). The maximum Gasteiger partial charge on any atom is 0.130 e. The van der Waals surface area contributed by atoms with Crippen LogP contribution in [0.4, 0.5) is 0 Å². The van der Waals surface area contributed by atoms with Crippen LogP contribution in [0.1, 0.15) is 17.5 Å². The van der Waals surface area contributed by atoms with E-state index in [0.717, 1.165) is 6.54 Å². The first-order valence-corrected chi connectivity index (χ1v) is 7.56. The smallest absolute Gasteiger partial charge is 0.130 e. The molecular weight excluding hydrogens is 258 g/mol. The molecule has 1 aliphatic heterocycles. The molecule has 0 bridgehead atoms. The number of thioether (sulfide) groups is 1. The van der Waals surface area contributed by atoms with Crippen molar-refractivity contribution in [1.29, 1.82) is 5.41 Å². The molecule has 1 heterocycles. The second kappa shape index (κ2) is 6.30. The van der Waals surface area contributed by atoms with Gasteiger partial charge in [-0.2, -0.15) is 11.8 Å². The average molecular weight is 279 g/mol. The van der Waals surface area contributed by atoms with Crippen molar-refractivity contribution in [1.82, 2.24) is 4.90 Å². The number of methoxy groups -OCH3 is 1. The van der Waals surface area contributed by atoms with Crippen LogP contribution < -0.4 is 10.5 Å². The second-order valence-corrected chi connectivity index (χ2v) is 6.03. The Morgan fingerprint density at radius 2 is 2.37 bits per heavy atom. The maximum atomic E-state index is 7.51. The lowest BCUT2D eigenvalue weighted by Gasteiger charge is -2.23. The quantitative estimate of drug-likeness (QED) is 0.638. The molecule has 1 fully saturated rings. The van der Waals surface area contributed by atoms with Crippen molar-refractivity contribution < 1.29 is 4.74 Å². The molecule has 3 N–H and O–H groups in total. The Bertz CT molecular complexity index is 458. The number of amidine groups is 1. The second-order valence-electron chi connectivity index (χ2n) is 4.88. The molecule has 19 heavy (non-hydrogen) atoms. The fraction of sp³-hybridized carbons (Fsp3) is 0.500. The molecule has 1 aromatic carbocycles. The van der Waals surface area contributed by atoms with E-state index in [9.17, 15) is 0 Å². The molecular formula is C14H21N3OS. The summed E-state index contributed by atoms with van der Waals surface area (Å²) in [6.45, 7) is 0.903. The molecule has 0 aliphatic carbocycles. The summed E-state index contributed by atoms with van der Waals surface area (Å²) in [6.07, 6.45) is 1.27. The van der Waals surface area contributed by atoms with Gasteiger partial charge in [-0.05, 0) is 36.9 Å². The van der Waals surface area contributed by atoms with E-state index in [0.29, 0.717) is 17.4 Å². The van der Waals surface area contributed by atoms with E-state index < -0.39 is 0 Å². The minimum absolute atomic E-state index is 0.0453. The third-order valence-electron chi connectivity index (χ3n) is 3.52. The minimum atomic E-state index is 0.0453. The van der Waals surface area contributed by atoms with Crippen LogP contribution in [-0.2, 0) is 6.54 Å². The van der Waals surface area contributed by atoms with Gasteiger partial charge in [0, 0.05) is 18.3 Å². The van der Waals surface area contributed by atoms with Gasteiger partial charge in [-0.25, -0.2) is 0 Å². The van der Waals surface area contributed by atoms with Gasteiger partial charge in [0.05, 0.1) is 12.7 Å². The van der Waals surface area contributed by atoms with Crippen LogP contribution in [0.2, 0.25) is 0 Å². The summed E-state index contributed by atoms with van der Waals surface area (Å²) >= 11 is 2.02. The summed E-state index contributed by atoms with van der Waals surface area (Å²) in [5, 5.41) is 7.51. The molecule has 5 heteroatoms. The number of ether oxygens (including phenoxy) is 1. The van der Waals surface area contributed by atoms with Crippen LogP contribution >= 0.6 is 11.8 Å². The van der Waals surface area contributed by atoms with Gasteiger partial charge >= 0.3 is 0 Å². The Morgan fingerprint density at radius 1 is 1.58 bits per heavy atom. The zero-order valence-electron chi connectivity index (χ0n) is 11.5. The normalized spacial score (nSPS) is 18.8. The zero-order chi connectivity index (χ0) is 13.8. The molecule has 2 rings (SSSR count). The first-order chi connectivity index (χ1) is 9.11. The zero-order valence-corrected chi connectivity index (χ0v) is 12.3. The molecule has 1 unspecified atom stereocenters. The number of rotatable bonds is 5. The summed E-state index contributed by atoms with van der Waals surface area (Å²) in [6, 6.07) is 6.55. The molecule has 0 amide bonds. The van der Waals surface area contributed by atoms with Gasteiger partial charge < -0.3 is 10.5 Å². The lowest BCUT2D eigenvalue weighted by Crippen LogP contribution is -2.30. The van der Waals surface area contributed by atoms with Crippen LogP contribution in [0.15, 0.2) is 18.2 Å². The van der Waals surface area contributed by atoms with Crippen molar-refractivity contribution in [2.45, 2.75) is 19.0 Å². The lowest BCUT2D eigenvalue weighted by atomic mass is 10.1. The SMILES string of the molecule is COc1cc(CN(C)C2CCSC2)ccc1C(=N)N. The van der Waals surface area contributed by atoms with Gasteiger partial charge in [0.1, 0.15) is 11.6 Å². The molecule has 1 atom stereocenters. The Balaban J connectivity index is 2.10. The fourth-order valence-corrected chi connectivity index (χ4v) is 3.64. The van der Waals surface area contributed by atoms with Crippen molar-refractivity contribution in [3.8, 4) is 5.75 Å². The summed E-state index contributed by atoms with van der Waals surface area (Å²) in [4.78, 5) is 2.39. The highest BCUT2D eigenvalue weighted by Gasteiger charge is 2.20. The highest BCUT2D eigenvalue weighted by atomic mass is 32.2. The predicted octanol–water partition coefficient (Wildman–Crippen LogP) is 1.92. The van der Waals surface area contributed by atoms with Crippen LogP contribution in [0.5, 0.6) is 5.75 Å². The Kier molecular flexibility index (Phi) is 4.71. The van der Waals surface area contributed by atoms with Gasteiger partial charge in [0.25, 0.3) is 0 Å². The third-order valence-corrected chi connectivity index (χ3v) is 4.66. The Labute approximate surface area is 118 Å². The van der Waals surface area contributed by atoms with Gasteiger partial charge in [-0.1, -0.05) is 6.07 Å². The molecule has 104 valence electrons. The molecule has 0 saturated carbocycles. The topological polar surface area (TPSA) is 62.3 Å². The molecule has 1 saturated heterocycles. The average Bonchev–Trinajstić information content (AvgIpc) is 2.92. The van der Waals surface area contributed by atoms with Gasteiger partial charge in [-0.15, -0.1) is 0 Å². The number of benzene rings is 1. The molecule has 1 aliphatic rings. The van der Waals surface area contributed by atoms with E-state index >= 15 is 0 Å². The van der Waals surface area contributed by atoms with Crippen molar-refractivity contribution in [3.63, 3.8) is 0 Å². The third kappa shape index (κ3) is 3.42. The number of hydrogen-bond donors (Lipinski definition) is 2. The fourth-order valence-electron chi connectivity index (χ4n) is 2.34. The molecule has 1 aromatic rings. The summed E-state index contributed by atoms with van der Waals surface area (Å²) in [7, 11) is 3.78. The maximum absolute atomic E-state index is 7.51. The van der Waals surface area contributed by atoms with Crippen molar-refractivity contribution in [3.05, 3.63) is 29.3 Å². The van der Waals surface area contributed by atoms with Gasteiger partial charge in [0.2, 0.25) is 0 Å². The summed E-state index contributed by atoms with van der Waals surface area (Å²) in [5.41, 5.74) is 7.38. The number of hydrogen-bond acceptors (Lipinski definition) is 4. The Morgan fingerprint density at radius 3 is 2.95 bits per heavy atom. The summed E-state index contributed by atoms with van der Waals surface area (Å²) < 4.78 is 5.31. The van der Waals surface area contributed by atoms with Gasteiger partial charge in [0.15, 0.2) is 0 Å². The largest absolute Gasteiger partial charge is 0.496 e. The van der Waals surface area contributed by atoms with Crippen LogP contribution in [0.25, 0.3) is 0 Å². The molecule has 0 spiro atoms. The number of nitrogen functional groups attached to an aromatic ring is 1. The van der Waals surface area contributed by atoms with E-state index in [-0.39, 0.29) is 5.84 Å². The van der Waals surface area contributed by atoms with Crippen molar-refractivity contribution in [2.75, 3.05) is 25.7 Å². The van der Waals surface area contributed by atoms with Crippen molar-refractivity contribution >= 4 is 17.6 Å². The van der Waals surface area contributed by atoms with Gasteiger partial charge in [-0.3, -0.25) is 10.3 Å². The molecule has 0 aromatic heterocycles. The monoisotopic (exact) mass is 279 g/mol. The highest BCUT2D eigenvalue weighted by Crippen LogP contribution is 2.24. The van der Waals surface area contributed by atoms with Crippen LogP contribution in [-0.4, -0.2) is 42.4 Å². The molecule has 0 radical (unpaired) electrons. The lowest BCUT2D eigenvalue weighted by molar-refractivity contribution is 0.254. The van der Waals surface area contributed by atoms with E-state index in [1.165, 1.54) is 23.5 Å².